The summed E-state index contributed by atoms with van der Waals surface area (Å²) in [5.41, 5.74) is 10.3. The van der Waals surface area contributed by atoms with E-state index in [1.807, 2.05) is 0 Å². The molecule has 0 bridgehead atoms. The van der Waals surface area contributed by atoms with Gasteiger partial charge in [0, 0.05) is 12.6 Å². The van der Waals surface area contributed by atoms with Crippen LogP contribution in [0.1, 0.15) is 42.9 Å². The van der Waals surface area contributed by atoms with Crippen molar-refractivity contribution in [2.45, 2.75) is 52.6 Å². The zero-order valence-corrected chi connectivity index (χ0v) is 12.7. The van der Waals surface area contributed by atoms with E-state index in [1.165, 1.54) is 36.0 Å². The summed E-state index contributed by atoms with van der Waals surface area (Å²) in [6.45, 7) is 9.76. The standard InChI is InChI=1S/C17H28N2/c1-4-19(17-10-6-8-15(17)11-18)12-16-9-5-7-13(2)14(16)3/h5,7,9,15,17H,4,6,8,10-12,18H2,1-3H3. The van der Waals surface area contributed by atoms with Crippen molar-refractivity contribution < 1.29 is 0 Å². The molecule has 0 aliphatic heterocycles. The third-order valence-corrected chi connectivity index (χ3v) is 4.89. The van der Waals surface area contributed by atoms with E-state index in [0.29, 0.717) is 12.0 Å². The van der Waals surface area contributed by atoms with Crippen molar-refractivity contribution in [2.24, 2.45) is 11.7 Å². The van der Waals surface area contributed by atoms with Crippen molar-refractivity contribution in [2.75, 3.05) is 13.1 Å². The second-order valence-corrected chi connectivity index (χ2v) is 5.92. The van der Waals surface area contributed by atoms with Gasteiger partial charge >= 0.3 is 0 Å². The third-order valence-electron chi connectivity index (χ3n) is 4.89. The number of hydrogen-bond donors (Lipinski definition) is 1. The molecule has 0 amide bonds. The normalized spacial score (nSPS) is 23.2. The van der Waals surface area contributed by atoms with E-state index in [4.69, 9.17) is 5.73 Å². The van der Waals surface area contributed by atoms with Crippen molar-refractivity contribution in [3.8, 4) is 0 Å². The van der Waals surface area contributed by atoms with Gasteiger partial charge in [0.1, 0.15) is 0 Å². The van der Waals surface area contributed by atoms with Gasteiger partial charge in [-0.1, -0.05) is 31.5 Å². The molecule has 2 rings (SSSR count). The summed E-state index contributed by atoms with van der Waals surface area (Å²) in [5, 5.41) is 0. The molecule has 2 nitrogen and oxygen atoms in total. The molecule has 1 aliphatic carbocycles. The highest BCUT2D eigenvalue weighted by Gasteiger charge is 2.30. The number of nitrogens with two attached hydrogens (primary N) is 1. The topological polar surface area (TPSA) is 29.3 Å². The van der Waals surface area contributed by atoms with Gasteiger partial charge in [-0.2, -0.15) is 0 Å². The second kappa shape index (κ2) is 6.53. The summed E-state index contributed by atoms with van der Waals surface area (Å²) in [6, 6.07) is 7.35. The molecule has 19 heavy (non-hydrogen) atoms. The molecule has 2 N–H and O–H groups in total. The number of rotatable bonds is 5. The quantitative estimate of drug-likeness (QED) is 0.880. The van der Waals surface area contributed by atoms with E-state index >= 15 is 0 Å². The predicted molar refractivity (Wildman–Crippen MR) is 82.2 cm³/mol. The van der Waals surface area contributed by atoms with E-state index in [2.05, 4.69) is 43.9 Å². The van der Waals surface area contributed by atoms with Crippen LogP contribution in [0, 0.1) is 19.8 Å². The maximum absolute atomic E-state index is 5.94. The van der Waals surface area contributed by atoms with Gasteiger partial charge in [-0.25, -0.2) is 0 Å². The first-order valence-corrected chi connectivity index (χ1v) is 7.66. The Hall–Kier alpha value is -0.860. The van der Waals surface area contributed by atoms with Gasteiger partial charge in [0.2, 0.25) is 0 Å². The highest BCUT2D eigenvalue weighted by atomic mass is 15.2. The Kier molecular flexibility index (Phi) is 5.00. The zero-order valence-electron chi connectivity index (χ0n) is 12.7. The largest absolute Gasteiger partial charge is 0.330 e. The molecular formula is C17H28N2. The summed E-state index contributed by atoms with van der Waals surface area (Å²) >= 11 is 0. The number of aryl methyl sites for hydroxylation is 1. The van der Waals surface area contributed by atoms with Crippen LogP contribution >= 0.6 is 0 Å². The van der Waals surface area contributed by atoms with Crippen molar-refractivity contribution >= 4 is 0 Å². The lowest BCUT2D eigenvalue weighted by Crippen LogP contribution is -2.39. The van der Waals surface area contributed by atoms with Crippen LogP contribution in [-0.4, -0.2) is 24.0 Å². The summed E-state index contributed by atoms with van der Waals surface area (Å²) in [7, 11) is 0. The van der Waals surface area contributed by atoms with Gasteiger partial charge in [0.05, 0.1) is 0 Å². The Labute approximate surface area is 118 Å². The minimum absolute atomic E-state index is 0.690. The molecule has 2 heteroatoms. The Morgan fingerprint density at radius 3 is 2.74 bits per heavy atom. The monoisotopic (exact) mass is 260 g/mol. The van der Waals surface area contributed by atoms with Crippen molar-refractivity contribution in [1.29, 1.82) is 0 Å². The van der Waals surface area contributed by atoms with Crippen LogP contribution in [0.15, 0.2) is 18.2 Å². The zero-order chi connectivity index (χ0) is 13.8. The van der Waals surface area contributed by atoms with Crippen LogP contribution in [0.25, 0.3) is 0 Å². The van der Waals surface area contributed by atoms with E-state index in [0.717, 1.165) is 19.6 Å². The molecule has 0 spiro atoms. The average molecular weight is 260 g/mol. The van der Waals surface area contributed by atoms with E-state index in [9.17, 15) is 0 Å². The minimum atomic E-state index is 0.690. The van der Waals surface area contributed by atoms with Crippen LogP contribution in [0.4, 0.5) is 0 Å². The lowest BCUT2D eigenvalue weighted by atomic mass is 9.99. The fourth-order valence-electron chi connectivity index (χ4n) is 3.44. The van der Waals surface area contributed by atoms with Crippen LogP contribution in [0.2, 0.25) is 0 Å². The molecule has 1 aliphatic rings. The Morgan fingerprint density at radius 1 is 1.26 bits per heavy atom. The fourth-order valence-corrected chi connectivity index (χ4v) is 3.44. The molecule has 1 saturated carbocycles. The molecule has 2 atom stereocenters. The lowest BCUT2D eigenvalue weighted by molar-refractivity contribution is 0.162. The molecule has 0 aromatic heterocycles. The Morgan fingerprint density at radius 2 is 2.05 bits per heavy atom. The first-order valence-electron chi connectivity index (χ1n) is 7.66. The second-order valence-electron chi connectivity index (χ2n) is 5.92. The van der Waals surface area contributed by atoms with Crippen molar-refractivity contribution in [3.63, 3.8) is 0 Å². The van der Waals surface area contributed by atoms with E-state index in [-0.39, 0.29) is 0 Å². The van der Waals surface area contributed by atoms with Crippen molar-refractivity contribution in [3.05, 3.63) is 34.9 Å². The van der Waals surface area contributed by atoms with Crippen LogP contribution in [0.5, 0.6) is 0 Å². The van der Waals surface area contributed by atoms with Gasteiger partial charge in [0.25, 0.3) is 0 Å². The molecule has 0 radical (unpaired) electrons. The highest BCUT2D eigenvalue weighted by Crippen LogP contribution is 2.30. The van der Waals surface area contributed by atoms with Gasteiger partial charge in [0.15, 0.2) is 0 Å². The minimum Gasteiger partial charge on any atom is -0.330 e. The number of nitrogens with zero attached hydrogens (tertiary/aromatic N) is 1. The van der Waals surface area contributed by atoms with Gasteiger partial charge < -0.3 is 5.73 Å². The van der Waals surface area contributed by atoms with Gasteiger partial charge in [-0.15, -0.1) is 0 Å². The first-order chi connectivity index (χ1) is 9.17. The van der Waals surface area contributed by atoms with Crippen LogP contribution in [-0.2, 0) is 6.54 Å². The summed E-state index contributed by atoms with van der Waals surface area (Å²) in [5.74, 6) is 0.699. The SMILES string of the molecule is CCN(Cc1cccc(C)c1C)C1CCCC1CN. The number of hydrogen-bond acceptors (Lipinski definition) is 2. The molecule has 106 valence electrons. The molecule has 0 saturated heterocycles. The molecular weight excluding hydrogens is 232 g/mol. The molecule has 1 fully saturated rings. The Bertz CT molecular complexity index is 414. The molecule has 0 heterocycles. The summed E-state index contributed by atoms with van der Waals surface area (Å²) in [6.07, 6.45) is 3.97. The predicted octanol–water partition coefficient (Wildman–Crippen LogP) is 3.25. The third kappa shape index (κ3) is 3.18. The lowest BCUT2D eigenvalue weighted by Gasteiger charge is -2.32. The Balaban J connectivity index is 2.12. The molecule has 2 unspecified atom stereocenters. The van der Waals surface area contributed by atoms with Crippen LogP contribution < -0.4 is 5.73 Å². The van der Waals surface area contributed by atoms with Crippen LogP contribution in [0.3, 0.4) is 0 Å². The summed E-state index contributed by atoms with van der Waals surface area (Å²) in [4.78, 5) is 2.63. The molecule has 1 aromatic rings. The highest BCUT2D eigenvalue weighted by molar-refractivity contribution is 5.33. The maximum Gasteiger partial charge on any atom is 0.0239 e. The van der Waals surface area contributed by atoms with E-state index in [1.54, 1.807) is 0 Å². The van der Waals surface area contributed by atoms with E-state index < -0.39 is 0 Å². The fraction of sp³-hybridized carbons (Fsp3) is 0.647. The number of benzene rings is 1. The smallest absolute Gasteiger partial charge is 0.0239 e. The van der Waals surface area contributed by atoms with Crippen molar-refractivity contribution in [1.82, 2.24) is 4.90 Å². The molecule has 1 aromatic carbocycles. The van der Waals surface area contributed by atoms with Gasteiger partial charge in [-0.3, -0.25) is 4.90 Å². The van der Waals surface area contributed by atoms with Gasteiger partial charge in [-0.05, 0) is 62.4 Å². The maximum atomic E-state index is 5.94. The average Bonchev–Trinajstić information content (AvgIpc) is 2.88. The summed E-state index contributed by atoms with van der Waals surface area (Å²) < 4.78 is 0. The first kappa shape index (κ1) is 14.5.